The first-order valence-electron chi connectivity index (χ1n) is 6.93. The number of para-hydroxylation sites is 1. The quantitative estimate of drug-likeness (QED) is 0.878. The second kappa shape index (κ2) is 7.21. The van der Waals surface area contributed by atoms with Gasteiger partial charge >= 0.3 is 6.03 Å². The minimum Gasteiger partial charge on any atom is -0.329 e. The Bertz CT molecular complexity index is 455. The van der Waals surface area contributed by atoms with Crippen LogP contribution < -0.4 is 11.1 Å². The van der Waals surface area contributed by atoms with Gasteiger partial charge in [0, 0.05) is 32.7 Å². The van der Waals surface area contributed by atoms with E-state index in [1.807, 2.05) is 0 Å². The highest BCUT2D eigenvalue weighted by Crippen LogP contribution is 2.13. The molecule has 1 aromatic rings. The number of hydrogen-bond donors (Lipinski definition) is 2. The van der Waals surface area contributed by atoms with Crippen LogP contribution >= 0.6 is 0 Å². The Morgan fingerprint density at radius 3 is 2.80 bits per heavy atom. The van der Waals surface area contributed by atoms with E-state index in [0.29, 0.717) is 19.6 Å². The minimum absolute atomic E-state index is 0.223. The van der Waals surface area contributed by atoms with Crippen LogP contribution in [-0.2, 0) is 0 Å². The van der Waals surface area contributed by atoms with Crippen molar-refractivity contribution in [1.82, 2.24) is 9.80 Å². The highest BCUT2D eigenvalue weighted by molar-refractivity contribution is 5.89. The molecule has 1 aliphatic heterocycles. The Kier molecular flexibility index (Phi) is 5.31. The molecule has 0 radical (unpaired) electrons. The van der Waals surface area contributed by atoms with Crippen LogP contribution in [0, 0.1) is 5.82 Å². The molecule has 1 aliphatic rings. The van der Waals surface area contributed by atoms with Gasteiger partial charge in [0.15, 0.2) is 0 Å². The molecule has 0 aromatic heterocycles. The summed E-state index contributed by atoms with van der Waals surface area (Å²) in [6.45, 7) is 4.55. The van der Waals surface area contributed by atoms with E-state index in [9.17, 15) is 9.18 Å². The molecule has 1 aromatic carbocycles. The lowest BCUT2D eigenvalue weighted by Gasteiger charge is -2.22. The SMILES string of the molecule is NCCN1CCCN(C(=O)Nc2ccccc2F)CC1. The van der Waals surface area contributed by atoms with E-state index in [-0.39, 0.29) is 11.7 Å². The molecule has 0 bridgehead atoms. The largest absolute Gasteiger partial charge is 0.329 e. The topological polar surface area (TPSA) is 61.6 Å². The van der Waals surface area contributed by atoms with Gasteiger partial charge < -0.3 is 20.9 Å². The predicted molar refractivity (Wildman–Crippen MR) is 77.1 cm³/mol. The van der Waals surface area contributed by atoms with Crippen molar-refractivity contribution in [3.8, 4) is 0 Å². The van der Waals surface area contributed by atoms with Crippen LogP contribution in [0.15, 0.2) is 24.3 Å². The number of nitrogens with two attached hydrogens (primary N) is 1. The molecule has 3 N–H and O–H groups in total. The fraction of sp³-hybridized carbons (Fsp3) is 0.500. The third-order valence-electron chi connectivity index (χ3n) is 3.44. The zero-order chi connectivity index (χ0) is 14.4. The molecule has 110 valence electrons. The molecule has 6 heteroatoms. The van der Waals surface area contributed by atoms with Gasteiger partial charge in [0.25, 0.3) is 0 Å². The fourth-order valence-electron chi connectivity index (χ4n) is 2.34. The van der Waals surface area contributed by atoms with Gasteiger partial charge in [0.05, 0.1) is 5.69 Å². The molecule has 2 amide bonds. The van der Waals surface area contributed by atoms with Crippen molar-refractivity contribution in [3.05, 3.63) is 30.1 Å². The van der Waals surface area contributed by atoms with E-state index < -0.39 is 5.82 Å². The Labute approximate surface area is 118 Å². The summed E-state index contributed by atoms with van der Waals surface area (Å²) in [5.74, 6) is -0.416. The Morgan fingerprint density at radius 2 is 2.05 bits per heavy atom. The van der Waals surface area contributed by atoms with E-state index in [4.69, 9.17) is 5.73 Å². The summed E-state index contributed by atoms with van der Waals surface area (Å²) in [6, 6.07) is 5.95. The smallest absolute Gasteiger partial charge is 0.321 e. The lowest BCUT2D eigenvalue weighted by atomic mass is 10.3. The highest BCUT2D eigenvalue weighted by atomic mass is 19.1. The number of nitrogens with one attached hydrogen (secondary N) is 1. The third-order valence-corrected chi connectivity index (χ3v) is 3.44. The fourth-order valence-corrected chi connectivity index (χ4v) is 2.34. The van der Waals surface area contributed by atoms with Gasteiger partial charge in [-0.3, -0.25) is 0 Å². The van der Waals surface area contributed by atoms with Crippen molar-refractivity contribution in [2.45, 2.75) is 6.42 Å². The lowest BCUT2D eigenvalue weighted by molar-refractivity contribution is 0.211. The number of hydrogen-bond acceptors (Lipinski definition) is 3. The van der Waals surface area contributed by atoms with E-state index in [0.717, 1.165) is 26.1 Å². The first-order valence-corrected chi connectivity index (χ1v) is 6.93. The predicted octanol–water partition coefficient (Wildman–Crippen LogP) is 1.32. The number of anilines is 1. The number of nitrogens with zero attached hydrogens (tertiary/aromatic N) is 2. The molecule has 2 rings (SSSR count). The molecule has 0 unspecified atom stereocenters. The maximum Gasteiger partial charge on any atom is 0.321 e. The minimum atomic E-state index is -0.416. The summed E-state index contributed by atoms with van der Waals surface area (Å²) < 4.78 is 13.5. The van der Waals surface area contributed by atoms with Crippen molar-refractivity contribution in [2.75, 3.05) is 44.6 Å². The van der Waals surface area contributed by atoms with Crippen LogP contribution in [0.25, 0.3) is 0 Å². The van der Waals surface area contributed by atoms with Crippen LogP contribution in [-0.4, -0.2) is 55.1 Å². The normalized spacial score (nSPS) is 16.8. The van der Waals surface area contributed by atoms with Crippen molar-refractivity contribution in [1.29, 1.82) is 0 Å². The number of benzene rings is 1. The monoisotopic (exact) mass is 280 g/mol. The number of amides is 2. The molecule has 1 saturated heterocycles. The zero-order valence-electron chi connectivity index (χ0n) is 11.5. The van der Waals surface area contributed by atoms with Crippen molar-refractivity contribution < 1.29 is 9.18 Å². The average molecular weight is 280 g/mol. The van der Waals surface area contributed by atoms with Gasteiger partial charge in [-0.1, -0.05) is 12.1 Å². The summed E-state index contributed by atoms with van der Waals surface area (Å²) in [6.07, 6.45) is 0.907. The van der Waals surface area contributed by atoms with Gasteiger partial charge in [0.1, 0.15) is 5.82 Å². The van der Waals surface area contributed by atoms with Crippen LogP contribution in [0.4, 0.5) is 14.9 Å². The summed E-state index contributed by atoms with van der Waals surface area (Å²) in [7, 11) is 0. The van der Waals surface area contributed by atoms with E-state index in [1.54, 1.807) is 23.1 Å². The Balaban J connectivity index is 1.91. The van der Waals surface area contributed by atoms with Crippen molar-refractivity contribution >= 4 is 11.7 Å². The van der Waals surface area contributed by atoms with Crippen LogP contribution in [0.1, 0.15) is 6.42 Å². The van der Waals surface area contributed by atoms with Gasteiger partial charge in [-0.15, -0.1) is 0 Å². The first-order chi connectivity index (χ1) is 9.70. The maximum atomic E-state index is 13.5. The molecular formula is C14H21FN4O. The second-order valence-electron chi connectivity index (χ2n) is 4.88. The molecule has 0 saturated carbocycles. The molecule has 0 atom stereocenters. The molecule has 0 spiro atoms. The van der Waals surface area contributed by atoms with E-state index in [1.165, 1.54) is 6.07 Å². The Morgan fingerprint density at radius 1 is 1.25 bits per heavy atom. The molecule has 20 heavy (non-hydrogen) atoms. The molecule has 0 aliphatic carbocycles. The zero-order valence-corrected chi connectivity index (χ0v) is 11.5. The molecule has 1 fully saturated rings. The highest BCUT2D eigenvalue weighted by Gasteiger charge is 2.19. The average Bonchev–Trinajstić information content (AvgIpc) is 2.67. The lowest BCUT2D eigenvalue weighted by Crippen LogP contribution is -2.38. The van der Waals surface area contributed by atoms with Crippen LogP contribution in [0.5, 0.6) is 0 Å². The number of rotatable bonds is 3. The van der Waals surface area contributed by atoms with Gasteiger partial charge in [0.2, 0.25) is 0 Å². The molecular weight excluding hydrogens is 259 g/mol. The van der Waals surface area contributed by atoms with E-state index in [2.05, 4.69) is 10.2 Å². The number of carbonyl (C=O) groups excluding carboxylic acids is 1. The van der Waals surface area contributed by atoms with Crippen LogP contribution in [0.2, 0.25) is 0 Å². The van der Waals surface area contributed by atoms with Gasteiger partial charge in [-0.25, -0.2) is 9.18 Å². The van der Waals surface area contributed by atoms with Crippen LogP contribution in [0.3, 0.4) is 0 Å². The summed E-state index contributed by atoms with van der Waals surface area (Å²) in [5.41, 5.74) is 5.77. The number of carbonyl (C=O) groups is 1. The third kappa shape index (κ3) is 3.91. The summed E-state index contributed by atoms with van der Waals surface area (Å²) in [5, 5.41) is 2.62. The van der Waals surface area contributed by atoms with E-state index >= 15 is 0 Å². The molecule has 5 nitrogen and oxygen atoms in total. The number of urea groups is 1. The van der Waals surface area contributed by atoms with Crippen molar-refractivity contribution in [3.63, 3.8) is 0 Å². The first kappa shape index (κ1) is 14.7. The maximum absolute atomic E-state index is 13.5. The Hall–Kier alpha value is -1.66. The molecule has 1 heterocycles. The van der Waals surface area contributed by atoms with Crippen molar-refractivity contribution in [2.24, 2.45) is 5.73 Å². The number of halogens is 1. The summed E-state index contributed by atoms with van der Waals surface area (Å²) in [4.78, 5) is 16.1. The standard InChI is InChI=1S/C14H21FN4O/c15-12-4-1-2-5-13(12)17-14(20)19-8-3-7-18(9-6-16)10-11-19/h1-2,4-5H,3,6-11,16H2,(H,17,20). The van der Waals surface area contributed by atoms with Gasteiger partial charge in [-0.2, -0.15) is 0 Å². The van der Waals surface area contributed by atoms with Gasteiger partial charge in [-0.05, 0) is 25.1 Å². The second-order valence-corrected chi connectivity index (χ2v) is 4.88. The summed E-state index contributed by atoms with van der Waals surface area (Å²) >= 11 is 0.